The molecule has 2 aromatic carbocycles. The molecule has 0 atom stereocenters. The van der Waals surface area contributed by atoms with Crippen LogP contribution in [0.3, 0.4) is 0 Å². The van der Waals surface area contributed by atoms with Gasteiger partial charge in [-0.2, -0.15) is 5.10 Å². The highest BCUT2D eigenvalue weighted by Gasteiger charge is 2.10. The van der Waals surface area contributed by atoms with E-state index < -0.39 is 0 Å². The average molecular weight is 382 g/mol. The van der Waals surface area contributed by atoms with Crippen molar-refractivity contribution in [3.63, 3.8) is 0 Å². The predicted octanol–water partition coefficient (Wildman–Crippen LogP) is 4.07. The largest absolute Gasteiger partial charge is 0.497 e. The Balaban J connectivity index is 1.67. The van der Waals surface area contributed by atoms with Gasteiger partial charge in [-0.15, -0.1) is 0 Å². The smallest absolute Gasteiger partial charge is 0.176 e. The Morgan fingerprint density at radius 2 is 1.81 bits per heavy atom. The minimum atomic E-state index is 0.433. The number of hydrogen-bond acceptors (Lipinski definition) is 4. The number of thiocarbonyl (C=S) groups is 1. The van der Waals surface area contributed by atoms with E-state index in [4.69, 9.17) is 21.7 Å². The first kappa shape index (κ1) is 18.7. The van der Waals surface area contributed by atoms with E-state index in [-0.39, 0.29) is 0 Å². The van der Waals surface area contributed by atoms with E-state index in [0.717, 1.165) is 11.4 Å². The van der Waals surface area contributed by atoms with Crippen LogP contribution in [0, 0.1) is 6.92 Å². The van der Waals surface area contributed by atoms with Crippen LogP contribution >= 0.6 is 12.2 Å². The molecule has 0 spiro atoms. The zero-order valence-electron chi connectivity index (χ0n) is 15.5. The summed E-state index contributed by atoms with van der Waals surface area (Å²) in [4.78, 5) is 0. The summed E-state index contributed by atoms with van der Waals surface area (Å²) in [5, 5.41) is 11.3. The number of hydrogen-bond donors (Lipinski definition) is 2. The lowest BCUT2D eigenvalue weighted by molar-refractivity contribution is 0.395. The van der Waals surface area contributed by atoms with E-state index in [1.165, 1.54) is 5.56 Å². The van der Waals surface area contributed by atoms with Crippen molar-refractivity contribution in [2.75, 3.05) is 24.9 Å². The lowest BCUT2D eigenvalue weighted by atomic mass is 10.2. The van der Waals surface area contributed by atoms with Crippen LogP contribution in [0.15, 0.2) is 54.6 Å². The van der Waals surface area contributed by atoms with Crippen LogP contribution in [-0.2, 0) is 6.54 Å². The average Bonchev–Trinajstić information content (AvgIpc) is 3.01. The zero-order valence-corrected chi connectivity index (χ0v) is 16.3. The van der Waals surface area contributed by atoms with Crippen LogP contribution in [0.2, 0.25) is 0 Å². The molecule has 0 aliphatic rings. The van der Waals surface area contributed by atoms with Crippen molar-refractivity contribution in [1.82, 2.24) is 9.78 Å². The summed E-state index contributed by atoms with van der Waals surface area (Å²) in [6.07, 6.45) is 0. The Kier molecular flexibility index (Phi) is 5.93. The van der Waals surface area contributed by atoms with E-state index in [9.17, 15) is 0 Å². The molecule has 140 valence electrons. The zero-order chi connectivity index (χ0) is 19.2. The van der Waals surface area contributed by atoms with E-state index in [0.29, 0.717) is 29.0 Å². The maximum absolute atomic E-state index is 5.41. The van der Waals surface area contributed by atoms with Crippen LogP contribution < -0.4 is 20.1 Å². The van der Waals surface area contributed by atoms with Gasteiger partial charge in [0.25, 0.3) is 0 Å². The highest BCUT2D eigenvalue weighted by molar-refractivity contribution is 7.80. The SMILES string of the molecule is COc1ccc(NC(=S)Nc2cc(C)n(Cc3ccccc3)n2)c(OC)c1. The Bertz CT molecular complexity index is 925. The summed E-state index contributed by atoms with van der Waals surface area (Å²) in [6, 6.07) is 17.7. The number of anilines is 2. The number of ether oxygens (including phenoxy) is 2. The summed E-state index contributed by atoms with van der Waals surface area (Å²) in [7, 11) is 3.22. The van der Waals surface area contributed by atoms with Gasteiger partial charge in [0.1, 0.15) is 11.5 Å². The lowest BCUT2D eigenvalue weighted by Crippen LogP contribution is -2.20. The molecule has 0 unspecified atom stereocenters. The Morgan fingerprint density at radius 3 is 2.52 bits per heavy atom. The van der Waals surface area contributed by atoms with E-state index in [1.54, 1.807) is 20.3 Å². The van der Waals surface area contributed by atoms with Gasteiger partial charge >= 0.3 is 0 Å². The molecule has 3 rings (SSSR count). The highest BCUT2D eigenvalue weighted by Crippen LogP contribution is 2.29. The molecule has 0 radical (unpaired) electrons. The maximum Gasteiger partial charge on any atom is 0.176 e. The fourth-order valence-corrected chi connectivity index (χ4v) is 2.87. The quantitative estimate of drug-likeness (QED) is 0.627. The number of nitrogens with zero attached hydrogens (tertiary/aromatic N) is 2. The number of nitrogens with one attached hydrogen (secondary N) is 2. The fraction of sp³-hybridized carbons (Fsp3) is 0.200. The van der Waals surface area contributed by atoms with Gasteiger partial charge < -0.3 is 20.1 Å². The minimum absolute atomic E-state index is 0.433. The monoisotopic (exact) mass is 382 g/mol. The van der Waals surface area contributed by atoms with Gasteiger partial charge in [0, 0.05) is 17.8 Å². The van der Waals surface area contributed by atoms with Gasteiger partial charge in [-0.3, -0.25) is 4.68 Å². The van der Waals surface area contributed by atoms with Gasteiger partial charge in [0.05, 0.1) is 26.5 Å². The van der Waals surface area contributed by atoms with Crippen LogP contribution in [0.5, 0.6) is 11.5 Å². The van der Waals surface area contributed by atoms with E-state index in [2.05, 4.69) is 27.9 Å². The van der Waals surface area contributed by atoms with Crippen LogP contribution in [0.25, 0.3) is 0 Å². The van der Waals surface area contributed by atoms with Crippen LogP contribution in [0.1, 0.15) is 11.3 Å². The summed E-state index contributed by atoms with van der Waals surface area (Å²) >= 11 is 5.41. The molecule has 7 heteroatoms. The number of methoxy groups -OCH3 is 2. The normalized spacial score (nSPS) is 10.3. The molecule has 0 fully saturated rings. The molecular formula is C20H22N4O2S. The van der Waals surface area contributed by atoms with Gasteiger partial charge in [-0.05, 0) is 36.8 Å². The first-order chi connectivity index (χ1) is 13.1. The molecule has 27 heavy (non-hydrogen) atoms. The summed E-state index contributed by atoms with van der Waals surface area (Å²) in [5.74, 6) is 2.05. The Labute approximate surface area is 164 Å². The minimum Gasteiger partial charge on any atom is -0.497 e. The number of aromatic nitrogens is 2. The summed E-state index contributed by atoms with van der Waals surface area (Å²) in [5.41, 5.74) is 2.99. The standard InChI is InChI=1S/C20H22N4O2S/c1-14-11-19(23-24(14)13-15-7-5-4-6-8-15)22-20(27)21-17-10-9-16(25-2)12-18(17)26-3/h4-12H,13H2,1-3H3,(H2,21,22,23,27). The van der Waals surface area contributed by atoms with Gasteiger partial charge in [0.15, 0.2) is 10.9 Å². The first-order valence-electron chi connectivity index (χ1n) is 8.47. The van der Waals surface area contributed by atoms with E-state index >= 15 is 0 Å². The maximum atomic E-state index is 5.41. The molecule has 3 aromatic rings. The highest BCUT2D eigenvalue weighted by atomic mass is 32.1. The number of rotatable bonds is 6. The van der Waals surface area contributed by atoms with Gasteiger partial charge in [0.2, 0.25) is 0 Å². The second-order valence-corrected chi connectivity index (χ2v) is 6.37. The predicted molar refractivity (Wildman–Crippen MR) is 112 cm³/mol. The molecule has 0 aliphatic carbocycles. The van der Waals surface area contributed by atoms with Crippen LogP contribution in [0.4, 0.5) is 11.5 Å². The van der Waals surface area contributed by atoms with Crippen molar-refractivity contribution in [2.45, 2.75) is 13.5 Å². The van der Waals surface area contributed by atoms with Gasteiger partial charge in [-0.25, -0.2) is 0 Å². The molecule has 0 saturated heterocycles. The fourth-order valence-electron chi connectivity index (χ4n) is 2.66. The molecule has 6 nitrogen and oxygen atoms in total. The molecule has 2 N–H and O–H groups in total. The lowest BCUT2D eigenvalue weighted by Gasteiger charge is -2.13. The van der Waals surface area contributed by atoms with Crippen molar-refractivity contribution < 1.29 is 9.47 Å². The van der Waals surface area contributed by atoms with Crippen molar-refractivity contribution in [3.8, 4) is 11.5 Å². The molecular weight excluding hydrogens is 360 g/mol. The molecule has 0 bridgehead atoms. The van der Waals surface area contributed by atoms with Gasteiger partial charge in [-0.1, -0.05) is 30.3 Å². The molecule has 1 aromatic heterocycles. The number of aryl methyl sites for hydroxylation is 1. The molecule has 0 amide bonds. The van der Waals surface area contributed by atoms with Crippen molar-refractivity contribution in [2.24, 2.45) is 0 Å². The molecule has 1 heterocycles. The van der Waals surface area contributed by atoms with Crippen molar-refractivity contribution in [3.05, 3.63) is 65.9 Å². The Hall–Kier alpha value is -3.06. The Morgan fingerprint density at radius 1 is 1.04 bits per heavy atom. The summed E-state index contributed by atoms with van der Waals surface area (Å²) in [6.45, 7) is 2.73. The molecule has 0 saturated carbocycles. The van der Waals surface area contributed by atoms with Crippen molar-refractivity contribution >= 4 is 28.8 Å². The third kappa shape index (κ3) is 4.77. The second kappa shape index (κ2) is 8.55. The van der Waals surface area contributed by atoms with E-state index in [1.807, 2.05) is 48.0 Å². The first-order valence-corrected chi connectivity index (χ1v) is 8.88. The third-order valence-corrected chi connectivity index (χ3v) is 4.26. The number of benzene rings is 2. The molecule has 0 aliphatic heterocycles. The second-order valence-electron chi connectivity index (χ2n) is 5.96. The topological polar surface area (TPSA) is 60.3 Å². The third-order valence-electron chi connectivity index (χ3n) is 4.05. The van der Waals surface area contributed by atoms with Crippen molar-refractivity contribution in [1.29, 1.82) is 0 Å². The summed E-state index contributed by atoms with van der Waals surface area (Å²) < 4.78 is 12.5. The van der Waals surface area contributed by atoms with Crippen LogP contribution in [-0.4, -0.2) is 29.1 Å².